The van der Waals surface area contributed by atoms with Crippen molar-refractivity contribution in [3.8, 4) is 0 Å². The van der Waals surface area contributed by atoms with Gasteiger partial charge in [-0.25, -0.2) is 0 Å². The molecule has 1 heterocycles. The van der Waals surface area contributed by atoms with Crippen molar-refractivity contribution >= 4 is 16.9 Å². The Hall–Kier alpha value is -0.180. The standard InChI is InChI=1S/C10H20N2S/c1-5-9(7(2)3)12-10-11-6-8(4)13-10/h7-9H,5-6H2,1-4H3,(H,11,12). The topological polar surface area (TPSA) is 24.4 Å². The zero-order chi connectivity index (χ0) is 9.84. The van der Waals surface area contributed by atoms with Gasteiger partial charge in [0.25, 0.3) is 0 Å². The minimum atomic E-state index is 0.580. The van der Waals surface area contributed by atoms with Crippen LogP contribution >= 0.6 is 11.8 Å². The predicted molar refractivity (Wildman–Crippen MR) is 61.4 cm³/mol. The second kappa shape index (κ2) is 4.89. The molecule has 13 heavy (non-hydrogen) atoms. The Morgan fingerprint density at radius 2 is 2.31 bits per heavy atom. The van der Waals surface area contributed by atoms with Gasteiger partial charge in [0.15, 0.2) is 5.17 Å². The van der Waals surface area contributed by atoms with Crippen LogP contribution in [-0.4, -0.2) is 23.0 Å². The molecular formula is C10H20N2S. The molecule has 0 aromatic rings. The second-order valence-corrected chi connectivity index (χ2v) is 5.40. The Kier molecular flexibility index (Phi) is 4.10. The molecule has 76 valence electrons. The van der Waals surface area contributed by atoms with E-state index in [1.807, 2.05) is 11.8 Å². The third kappa shape index (κ3) is 3.22. The molecule has 0 bridgehead atoms. The molecule has 1 N–H and O–H groups in total. The van der Waals surface area contributed by atoms with Crippen LogP contribution in [0, 0.1) is 5.92 Å². The summed E-state index contributed by atoms with van der Waals surface area (Å²) in [6.45, 7) is 9.93. The van der Waals surface area contributed by atoms with Crippen molar-refractivity contribution in [2.45, 2.75) is 45.4 Å². The van der Waals surface area contributed by atoms with Crippen LogP contribution in [0.5, 0.6) is 0 Å². The quantitative estimate of drug-likeness (QED) is 0.757. The number of nitrogens with zero attached hydrogens (tertiary/aromatic N) is 1. The third-order valence-corrected chi connectivity index (χ3v) is 3.38. The lowest BCUT2D eigenvalue weighted by Gasteiger charge is -2.21. The van der Waals surface area contributed by atoms with Gasteiger partial charge in [0.2, 0.25) is 0 Å². The molecule has 3 heteroatoms. The first-order valence-electron chi connectivity index (χ1n) is 5.11. The lowest BCUT2D eigenvalue weighted by Crippen LogP contribution is -2.36. The largest absolute Gasteiger partial charge is 0.362 e. The van der Waals surface area contributed by atoms with Gasteiger partial charge in [-0.3, -0.25) is 4.99 Å². The van der Waals surface area contributed by atoms with Gasteiger partial charge >= 0.3 is 0 Å². The van der Waals surface area contributed by atoms with E-state index in [2.05, 4.69) is 38.0 Å². The fraction of sp³-hybridized carbons (Fsp3) is 0.900. The minimum Gasteiger partial charge on any atom is -0.362 e. The molecule has 2 nitrogen and oxygen atoms in total. The Morgan fingerprint density at radius 3 is 2.69 bits per heavy atom. The monoisotopic (exact) mass is 200 g/mol. The zero-order valence-electron chi connectivity index (χ0n) is 9.00. The first-order chi connectivity index (χ1) is 6.13. The maximum atomic E-state index is 4.46. The van der Waals surface area contributed by atoms with E-state index in [9.17, 15) is 0 Å². The highest BCUT2D eigenvalue weighted by Crippen LogP contribution is 2.20. The van der Waals surface area contributed by atoms with Crippen LogP contribution in [0.25, 0.3) is 0 Å². The average Bonchev–Trinajstić information content (AvgIpc) is 2.46. The van der Waals surface area contributed by atoms with Gasteiger partial charge < -0.3 is 5.32 Å². The van der Waals surface area contributed by atoms with E-state index in [-0.39, 0.29) is 0 Å². The fourth-order valence-corrected chi connectivity index (χ4v) is 2.35. The number of hydrogen-bond donors (Lipinski definition) is 1. The van der Waals surface area contributed by atoms with Crippen molar-refractivity contribution in [1.29, 1.82) is 0 Å². The molecule has 1 rings (SSSR count). The van der Waals surface area contributed by atoms with E-state index in [0.29, 0.717) is 17.2 Å². The van der Waals surface area contributed by atoms with Crippen molar-refractivity contribution in [2.75, 3.05) is 6.54 Å². The van der Waals surface area contributed by atoms with Gasteiger partial charge in [-0.05, 0) is 12.3 Å². The van der Waals surface area contributed by atoms with Crippen molar-refractivity contribution in [3.05, 3.63) is 0 Å². The molecule has 1 aliphatic heterocycles. The lowest BCUT2D eigenvalue weighted by atomic mass is 10.0. The molecule has 2 atom stereocenters. The number of hydrogen-bond acceptors (Lipinski definition) is 3. The van der Waals surface area contributed by atoms with E-state index in [4.69, 9.17) is 0 Å². The molecule has 2 unspecified atom stereocenters. The van der Waals surface area contributed by atoms with E-state index in [1.165, 1.54) is 6.42 Å². The average molecular weight is 200 g/mol. The molecule has 0 spiro atoms. The van der Waals surface area contributed by atoms with E-state index in [1.54, 1.807) is 0 Å². The van der Waals surface area contributed by atoms with Gasteiger partial charge in [0, 0.05) is 11.3 Å². The smallest absolute Gasteiger partial charge is 0.157 e. The summed E-state index contributed by atoms with van der Waals surface area (Å²) in [7, 11) is 0. The zero-order valence-corrected chi connectivity index (χ0v) is 9.82. The summed E-state index contributed by atoms with van der Waals surface area (Å²) < 4.78 is 0. The van der Waals surface area contributed by atoms with Crippen LogP contribution in [-0.2, 0) is 0 Å². The number of nitrogens with one attached hydrogen (secondary N) is 1. The van der Waals surface area contributed by atoms with Crippen molar-refractivity contribution < 1.29 is 0 Å². The Bertz CT molecular complexity index is 189. The van der Waals surface area contributed by atoms with Crippen molar-refractivity contribution in [2.24, 2.45) is 10.9 Å². The normalized spacial score (nSPS) is 24.7. The highest BCUT2D eigenvalue weighted by molar-refractivity contribution is 8.14. The highest BCUT2D eigenvalue weighted by Gasteiger charge is 2.18. The van der Waals surface area contributed by atoms with Gasteiger partial charge in [-0.1, -0.05) is 39.5 Å². The number of amidine groups is 1. The van der Waals surface area contributed by atoms with Gasteiger partial charge in [0.05, 0.1) is 6.54 Å². The van der Waals surface area contributed by atoms with Crippen molar-refractivity contribution in [3.63, 3.8) is 0 Å². The summed E-state index contributed by atoms with van der Waals surface area (Å²) in [5, 5.41) is 5.31. The fourth-order valence-electron chi connectivity index (χ4n) is 1.45. The van der Waals surface area contributed by atoms with Crippen LogP contribution in [0.4, 0.5) is 0 Å². The van der Waals surface area contributed by atoms with Gasteiger partial charge in [0.1, 0.15) is 0 Å². The number of rotatable bonds is 3. The summed E-state index contributed by atoms with van der Waals surface area (Å²) in [5.41, 5.74) is 0. The SMILES string of the molecule is CCC(NC1=NCC(C)S1)C(C)C. The molecule has 0 aliphatic carbocycles. The molecular weight excluding hydrogens is 180 g/mol. The van der Waals surface area contributed by atoms with E-state index >= 15 is 0 Å². The Labute approximate surface area is 85.6 Å². The first kappa shape index (κ1) is 10.9. The maximum Gasteiger partial charge on any atom is 0.157 e. The highest BCUT2D eigenvalue weighted by atomic mass is 32.2. The second-order valence-electron chi connectivity index (χ2n) is 3.98. The van der Waals surface area contributed by atoms with Crippen LogP contribution in [0.15, 0.2) is 4.99 Å². The van der Waals surface area contributed by atoms with Gasteiger partial charge in [-0.2, -0.15) is 0 Å². The van der Waals surface area contributed by atoms with Gasteiger partial charge in [-0.15, -0.1) is 0 Å². The minimum absolute atomic E-state index is 0.580. The van der Waals surface area contributed by atoms with E-state index < -0.39 is 0 Å². The summed E-state index contributed by atoms with van der Waals surface area (Å²) in [6.07, 6.45) is 1.17. The lowest BCUT2D eigenvalue weighted by molar-refractivity contribution is 0.444. The summed E-state index contributed by atoms with van der Waals surface area (Å²) in [5.74, 6) is 0.684. The first-order valence-corrected chi connectivity index (χ1v) is 5.99. The number of thioether (sulfide) groups is 1. The molecule has 1 aliphatic rings. The predicted octanol–water partition coefficient (Wildman–Crippen LogP) is 2.50. The Balaban J connectivity index is 2.38. The molecule has 0 saturated heterocycles. The summed E-state index contributed by atoms with van der Waals surface area (Å²) >= 11 is 1.87. The Morgan fingerprint density at radius 1 is 1.62 bits per heavy atom. The van der Waals surface area contributed by atoms with Crippen LogP contribution in [0.3, 0.4) is 0 Å². The summed E-state index contributed by atoms with van der Waals surface area (Å²) in [6, 6.07) is 0.580. The number of aliphatic imine (C=N–C) groups is 1. The summed E-state index contributed by atoms with van der Waals surface area (Å²) in [4.78, 5) is 4.46. The molecule has 0 saturated carbocycles. The molecule has 0 fully saturated rings. The van der Waals surface area contributed by atoms with Crippen LogP contribution in [0.1, 0.15) is 34.1 Å². The maximum absolute atomic E-state index is 4.46. The molecule has 0 radical (unpaired) electrons. The molecule has 0 aromatic heterocycles. The third-order valence-electron chi connectivity index (χ3n) is 2.36. The van der Waals surface area contributed by atoms with Crippen LogP contribution in [0.2, 0.25) is 0 Å². The van der Waals surface area contributed by atoms with Crippen LogP contribution < -0.4 is 5.32 Å². The van der Waals surface area contributed by atoms with E-state index in [0.717, 1.165) is 11.7 Å². The van der Waals surface area contributed by atoms with Crippen molar-refractivity contribution in [1.82, 2.24) is 5.32 Å². The molecule has 0 amide bonds. The molecule has 0 aromatic carbocycles.